The maximum absolute atomic E-state index is 10.8. The van der Waals surface area contributed by atoms with E-state index < -0.39 is 17.9 Å². The number of ether oxygens (including phenoxy) is 1. The Labute approximate surface area is 368 Å². The molecule has 18 heteroatoms. The topological polar surface area (TPSA) is 283 Å². The number of carbonyl (C=O) groups is 3. The number of hydrogen-bond donors (Lipinski definition) is 11. The Bertz CT molecular complexity index is 1440. The van der Waals surface area contributed by atoms with Crippen LogP contribution in [0.25, 0.3) is 18.2 Å². The van der Waals surface area contributed by atoms with Crippen molar-refractivity contribution >= 4 is 36.1 Å². The minimum atomic E-state index is -1.20. The normalized spacial score (nSPS) is 9.85. The summed E-state index contributed by atoms with van der Waals surface area (Å²) < 4.78 is 4.34. The number of aliphatic carboxylic acids is 2. The van der Waals surface area contributed by atoms with Gasteiger partial charge in [0.2, 0.25) is 0 Å². The summed E-state index contributed by atoms with van der Waals surface area (Å²) in [7, 11) is 1.21. The average molecular weight is 1280 g/mol. The van der Waals surface area contributed by atoms with Gasteiger partial charge >= 0.3 is 17.9 Å². The minimum Gasteiger partial charge on any atom is -0.508 e. The van der Waals surface area contributed by atoms with Gasteiger partial charge in [-0.2, -0.15) is 0 Å². The van der Waals surface area contributed by atoms with E-state index in [0.717, 1.165) is 66.8 Å². The maximum atomic E-state index is 10.8. The van der Waals surface area contributed by atoms with E-state index >= 15 is 0 Å². The average Bonchev–Trinajstić information content (AvgIpc) is 2.87. The second-order valence-electron chi connectivity index (χ2n) is 7.89. The number of aromatic hydroxyl groups is 9. The summed E-state index contributed by atoms with van der Waals surface area (Å²) in [6.07, 6.45) is 5.85. The standard InChI is InChI=1S/C10H10O5.2C9H8O5.3Ac/c1-15-10(14)3-2-7-8(12)4-6(11)5-9(7)13;2*10-5-3-7(11)6(8(12)4-5)1-2-9(13)14;;;/h2-5,11-13H,1H3;2*1-4,10-12H,(H,13,14);;;/b3-2+;2*2-1+;;;. The summed E-state index contributed by atoms with van der Waals surface area (Å²) in [6, 6.07) is 6.11. The molecule has 0 saturated carbocycles. The smallest absolute Gasteiger partial charge is 0.330 e. The summed E-state index contributed by atoms with van der Waals surface area (Å²) in [6.45, 7) is 0. The van der Waals surface area contributed by atoms with Crippen LogP contribution in [0.4, 0.5) is 0 Å². The van der Waals surface area contributed by atoms with Crippen molar-refractivity contribution in [3.63, 3.8) is 0 Å². The number of benzene rings is 3. The van der Waals surface area contributed by atoms with E-state index in [1.54, 1.807) is 0 Å². The fourth-order valence-electron chi connectivity index (χ4n) is 2.87. The molecule has 0 heterocycles. The van der Waals surface area contributed by atoms with Crippen molar-refractivity contribution in [2.45, 2.75) is 0 Å². The Morgan fingerprint density at radius 2 is 0.696 bits per heavy atom. The molecule has 0 bridgehead atoms. The number of phenolic OH excluding ortho intramolecular Hbond substituents is 9. The number of rotatable bonds is 6. The Hall–Kier alpha value is -2.19. The van der Waals surface area contributed by atoms with E-state index in [1.807, 2.05) is 0 Å². The van der Waals surface area contributed by atoms with Gasteiger partial charge in [-0.15, -0.1) is 0 Å². The summed E-state index contributed by atoms with van der Waals surface area (Å²) in [4.78, 5) is 31.1. The van der Waals surface area contributed by atoms with Crippen LogP contribution in [-0.2, 0) is 19.1 Å². The molecule has 0 spiro atoms. The molecule has 0 aromatic heterocycles. The Morgan fingerprint density at radius 3 is 0.891 bits per heavy atom. The summed E-state index contributed by atoms with van der Waals surface area (Å²) >= 11 is 0. The molecule has 0 saturated heterocycles. The van der Waals surface area contributed by atoms with Crippen LogP contribution in [0.3, 0.4) is 0 Å². The zero-order valence-electron chi connectivity index (χ0n) is 23.7. The van der Waals surface area contributed by atoms with Crippen LogP contribution in [0.1, 0.15) is 16.7 Å². The van der Waals surface area contributed by atoms with E-state index in [2.05, 4.69) is 4.74 Å². The predicted molar refractivity (Wildman–Crippen MR) is 149 cm³/mol. The molecule has 0 fully saturated rings. The van der Waals surface area contributed by atoms with Gasteiger partial charge in [0.1, 0.15) is 51.7 Å². The molecule has 3 aromatic carbocycles. The zero-order chi connectivity index (χ0) is 32.9. The van der Waals surface area contributed by atoms with Gasteiger partial charge < -0.3 is 60.9 Å². The SMILES string of the molecule is COC(=O)/C=C/c1c(O)cc(O)cc1O.O=C(O)/C=C/c1c(O)cc(O)cc1O.O=C(O)/C=C/c1c(O)cc(O)cc1O.[Ac].[Ac].[Ac]. The van der Waals surface area contributed by atoms with Gasteiger partial charge in [-0.05, 0) is 18.2 Å². The predicted octanol–water partition coefficient (Wildman–Crippen LogP) is 2.79. The molecule has 11 N–H and O–H groups in total. The van der Waals surface area contributed by atoms with Gasteiger partial charge in [0.25, 0.3) is 0 Å². The molecule has 0 amide bonds. The largest absolute Gasteiger partial charge is 0.508 e. The van der Waals surface area contributed by atoms with Gasteiger partial charge in [0, 0.05) is 187 Å². The fraction of sp³-hybridized carbons (Fsp3) is 0.0357. The molecule has 15 nitrogen and oxygen atoms in total. The molecule has 0 atom stereocenters. The van der Waals surface area contributed by atoms with Crippen molar-refractivity contribution in [2.24, 2.45) is 0 Å². The molecule has 3 rings (SSSR count). The van der Waals surface area contributed by atoms with Crippen LogP contribution in [-0.4, -0.2) is 81.2 Å². The second-order valence-corrected chi connectivity index (χ2v) is 7.89. The van der Waals surface area contributed by atoms with Gasteiger partial charge in [0.05, 0.1) is 23.8 Å². The van der Waals surface area contributed by atoms with E-state index in [1.165, 1.54) is 13.2 Å². The number of esters is 1. The van der Waals surface area contributed by atoms with Crippen LogP contribution in [0.5, 0.6) is 51.7 Å². The molecule has 0 unspecified atom stereocenters. The molecule has 3 radical (unpaired) electrons. The fourth-order valence-corrected chi connectivity index (χ4v) is 2.87. The second kappa shape index (κ2) is 24.0. The summed E-state index contributed by atoms with van der Waals surface area (Å²) in [5.41, 5.74) is -0.0615. The van der Waals surface area contributed by atoms with Crippen LogP contribution < -0.4 is 0 Å². The molecular formula is C28H26Ac3O15. The van der Waals surface area contributed by atoms with E-state index in [-0.39, 0.29) is 201 Å². The minimum absolute atomic E-state index is 0. The van der Waals surface area contributed by atoms with Crippen molar-refractivity contribution < 1.29 is 207 Å². The third-order valence-electron chi connectivity index (χ3n) is 4.74. The summed E-state index contributed by atoms with van der Waals surface area (Å²) in [5.74, 6) is -6.07. The van der Waals surface area contributed by atoms with Crippen molar-refractivity contribution in [1.29, 1.82) is 0 Å². The molecular weight excluding hydrogens is 1260 g/mol. The Balaban J connectivity index is -0.000000584. The number of carboxylic acids is 2. The van der Waals surface area contributed by atoms with E-state index in [4.69, 9.17) is 25.5 Å². The molecule has 46 heavy (non-hydrogen) atoms. The number of phenols is 9. The number of hydrogen-bond acceptors (Lipinski definition) is 13. The van der Waals surface area contributed by atoms with Crippen LogP contribution in [0.15, 0.2) is 54.6 Å². The van der Waals surface area contributed by atoms with Crippen molar-refractivity contribution in [1.82, 2.24) is 0 Å². The third kappa shape index (κ3) is 17.7. The summed E-state index contributed by atoms with van der Waals surface area (Å²) in [5, 5.41) is 99.1. The first-order chi connectivity index (χ1) is 20.0. The molecule has 0 aliphatic carbocycles. The molecule has 237 valence electrons. The monoisotopic (exact) mass is 1280 g/mol. The zero-order valence-corrected chi connectivity index (χ0v) is 37.9. The van der Waals surface area contributed by atoms with Crippen molar-refractivity contribution in [3.05, 3.63) is 71.3 Å². The van der Waals surface area contributed by atoms with Gasteiger partial charge in [-0.25, -0.2) is 14.4 Å². The molecule has 3 aromatic rings. The van der Waals surface area contributed by atoms with E-state index in [9.17, 15) is 45.0 Å². The number of carbonyl (C=O) groups excluding carboxylic acids is 1. The Kier molecular flexibility index (Phi) is 25.2. The van der Waals surface area contributed by atoms with Crippen molar-refractivity contribution in [3.8, 4) is 51.7 Å². The quantitative estimate of drug-likeness (QED) is 0.125. The molecule has 0 aliphatic heterocycles. The van der Waals surface area contributed by atoms with Gasteiger partial charge in [-0.3, -0.25) is 0 Å². The maximum Gasteiger partial charge on any atom is 0.330 e. The van der Waals surface area contributed by atoms with Crippen LogP contribution in [0.2, 0.25) is 0 Å². The van der Waals surface area contributed by atoms with Crippen LogP contribution >= 0.6 is 0 Å². The number of methoxy groups -OCH3 is 1. The first kappa shape index (κ1) is 48.2. The van der Waals surface area contributed by atoms with E-state index in [0.29, 0.717) is 0 Å². The van der Waals surface area contributed by atoms with Crippen molar-refractivity contribution in [2.75, 3.05) is 7.11 Å². The van der Waals surface area contributed by atoms with Gasteiger partial charge in [0.15, 0.2) is 0 Å². The number of carboxylic acid groups (broad SMARTS) is 2. The van der Waals surface area contributed by atoms with Gasteiger partial charge in [-0.1, -0.05) is 0 Å². The first-order valence-corrected chi connectivity index (χ1v) is 11.4. The first-order valence-electron chi connectivity index (χ1n) is 11.4. The Morgan fingerprint density at radius 1 is 0.478 bits per heavy atom. The third-order valence-corrected chi connectivity index (χ3v) is 4.74. The van der Waals surface area contributed by atoms with Crippen LogP contribution in [0, 0.1) is 132 Å². The molecule has 0 aliphatic rings.